The van der Waals surface area contributed by atoms with Crippen LogP contribution in [0.25, 0.3) is 0 Å². The third-order valence-electron chi connectivity index (χ3n) is 3.54. The van der Waals surface area contributed by atoms with E-state index < -0.39 is 0 Å². The van der Waals surface area contributed by atoms with Crippen molar-refractivity contribution < 1.29 is 4.79 Å². The number of hydrogen-bond acceptors (Lipinski definition) is 4. The van der Waals surface area contributed by atoms with Crippen LogP contribution in [0.15, 0.2) is 18.3 Å². The number of amides is 1. The second-order valence-electron chi connectivity index (χ2n) is 5.61. The maximum absolute atomic E-state index is 12.0. The molecule has 0 spiro atoms. The normalized spacial score (nSPS) is 16.7. The lowest BCUT2D eigenvalue weighted by molar-refractivity contribution is -0.127. The molecule has 5 nitrogen and oxygen atoms in total. The van der Waals surface area contributed by atoms with E-state index in [-0.39, 0.29) is 5.91 Å². The number of carbonyl (C=O) groups excluding carboxylic acids is 1. The van der Waals surface area contributed by atoms with Crippen molar-refractivity contribution in [3.05, 3.63) is 23.9 Å². The Bertz CT molecular complexity index is 461. The van der Waals surface area contributed by atoms with E-state index in [1.165, 1.54) is 0 Å². The molecular formula is C15H24N4O. The number of nitrogens with one attached hydrogen (secondary N) is 1. The number of pyridine rings is 1. The first-order valence-electron chi connectivity index (χ1n) is 7.24. The molecule has 0 bridgehead atoms. The average Bonchev–Trinajstić information content (AvgIpc) is 2.59. The fourth-order valence-corrected chi connectivity index (χ4v) is 2.33. The highest BCUT2D eigenvalue weighted by molar-refractivity contribution is 5.81. The first-order valence-corrected chi connectivity index (χ1v) is 7.24. The summed E-state index contributed by atoms with van der Waals surface area (Å²) < 4.78 is 0. The van der Waals surface area contributed by atoms with Gasteiger partial charge in [0, 0.05) is 44.5 Å². The summed E-state index contributed by atoms with van der Waals surface area (Å²) in [7, 11) is 1.87. The summed E-state index contributed by atoms with van der Waals surface area (Å²) >= 11 is 0. The van der Waals surface area contributed by atoms with Crippen LogP contribution in [0.4, 0.5) is 5.82 Å². The van der Waals surface area contributed by atoms with Crippen molar-refractivity contribution in [2.24, 2.45) is 0 Å². The highest BCUT2D eigenvalue weighted by atomic mass is 16.2. The lowest BCUT2D eigenvalue weighted by Gasteiger charge is -2.23. The van der Waals surface area contributed by atoms with Crippen molar-refractivity contribution in [2.45, 2.75) is 32.9 Å². The molecule has 1 aromatic rings. The Balaban J connectivity index is 2.16. The zero-order chi connectivity index (χ0) is 14.5. The van der Waals surface area contributed by atoms with Crippen LogP contribution in [-0.4, -0.2) is 48.5 Å². The van der Waals surface area contributed by atoms with Crippen molar-refractivity contribution >= 4 is 11.7 Å². The van der Waals surface area contributed by atoms with E-state index in [0.717, 1.165) is 37.4 Å². The molecular weight excluding hydrogens is 252 g/mol. The number of anilines is 1. The molecule has 0 aromatic carbocycles. The Morgan fingerprint density at radius 1 is 1.40 bits per heavy atom. The number of likely N-dealkylation sites (N-methyl/N-ethyl adjacent to an activating group) is 1. The van der Waals surface area contributed by atoms with Crippen molar-refractivity contribution in [1.29, 1.82) is 0 Å². The number of hydrogen-bond donors (Lipinski definition) is 1. The predicted octanol–water partition coefficient (Wildman–Crippen LogP) is 1.25. The number of rotatable bonds is 4. The average molecular weight is 276 g/mol. The molecule has 1 aliphatic heterocycles. The molecule has 0 unspecified atom stereocenters. The predicted molar refractivity (Wildman–Crippen MR) is 80.7 cm³/mol. The van der Waals surface area contributed by atoms with Crippen LogP contribution in [0.1, 0.15) is 25.8 Å². The molecule has 0 aliphatic carbocycles. The number of nitrogens with zero attached hydrogens (tertiary/aromatic N) is 3. The molecule has 110 valence electrons. The third-order valence-corrected chi connectivity index (χ3v) is 3.54. The van der Waals surface area contributed by atoms with Crippen molar-refractivity contribution in [1.82, 2.24) is 15.2 Å². The van der Waals surface area contributed by atoms with Gasteiger partial charge in [0.05, 0.1) is 6.54 Å². The zero-order valence-electron chi connectivity index (χ0n) is 12.6. The van der Waals surface area contributed by atoms with Crippen LogP contribution in [-0.2, 0) is 11.3 Å². The highest BCUT2D eigenvalue weighted by Gasteiger charge is 2.21. The second-order valence-corrected chi connectivity index (χ2v) is 5.61. The third kappa shape index (κ3) is 3.70. The summed E-state index contributed by atoms with van der Waals surface area (Å²) in [6.07, 6.45) is 2.78. The van der Waals surface area contributed by atoms with Crippen LogP contribution >= 0.6 is 0 Å². The van der Waals surface area contributed by atoms with Gasteiger partial charge in [-0.05, 0) is 12.5 Å². The molecule has 0 radical (unpaired) electrons. The van der Waals surface area contributed by atoms with Gasteiger partial charge in [-0.1, -0.05) is 19.9 Å². The summed E-state index contributed by atoms with van der Waals surface area (Å²) in [4.78, 5) is 20.4. The summed E-state index contributed by atoms with van der Waals surface area (Å²) in [5.41, 5.74) is 1.15. The maximum atomic E-state index is 12.0. The van der Waals surface area contributed by atoms with E-state index in [2.05, 4.69) is 35.1 Å². The molecule has 0 saturated carbocycles. The summed E-state index contributed by atoms with van der Waals surface area (Å²) in [5.74, 6) is 1.10. The van der Waals surface area contributed by atoms with Gasteiger partial charge in [-0.25, -0.2) is 4.98 Å². The van der Waals surface area contributed by atoms with Gasteiger partial charge in [-0.15, -0.1) is 0 Å². The molecule has 20 heavy (non-hydrogen) atoms. The molecule has 0 atom stereocenters. The Morgan fingerprint density at radius 3 is 2.95 bits per heavy atom. The molecule has 1 fully saturated rings. The van der Waals surface area contributed by atoms with E-state index in [9.17, 15) is 4.79 Å². The van der Waals surface area contributed by atoms with Gasteiger partial charge in [0.25, 0.3) is 0 Å². The fourth-order valence-electron chi connectivity index (χ4n) is 2.33. The monoisotopic (exact) mass is 276 g/mol. The number of carbonyl (C=O) groups is 1. The minimum atomic E-state index is 0.163. The van der Waals surface area contributed by atoms with E-state index in [0.29, 0.717) is 12.6 Å². The lowest BCUT2D eigenvalue weighted by atomic mass is 10.2. The quantitative estimate of drug-likeness (QED) is 0.899. The largest absolute Gasteiger partial charge is 0.347 e. The Labute approximate surface area is 121 Å². The first-order chi connectivity index (χ1) is 9.58. The van der Waals surface area contributed by atoms with Crippen LogP contribution < -0.4 is 10.2 Å². The smallest absolute Gasteiger partial charge is 0.241 e. The number of aromatic nitrogens is 1. The highest BCUT2D eigenvalue weighted by Crippen LogP contribution is 2.19. The standard InChI is InChI=1S/C15H24N4O/c1-12(2)17-10-13-6-4-7-16-15(13)19-9-5-8-18(3)14(20)11-19/h4,6-7,12,17H,5,8-11H2,1-3H3. The van der Waals surface area contributed by atoms with Crippen LogP contribution in [0, 0.1) is 0 Å². The van der Waals surface area contributed by atoms with E-state index >= 15 is 0 Å². The SMILES string of the molecule is CC(C)NCc1cccnc1N1CCCN(C)C(=O)C1. The van der Waals surface area contributed by atoms with Crippen LogP contribution in [0.3, 0.4) is 0 Å². The zero-order valence-corrected chi connectivity index (χ0v) is 12.6. The van der Waals surface area contributed by atoms with E-state index in [4.69, 9.17) is 0 Å². The van der Waals surface area contributed by atoms with Gasteiger partial charge in [0.15, 0.2) is 0 Å². The Morgan fingerprint density at radius 2 is 2.20 bits per heavy atom. The minimum absolute atomic E-state index is 0.163. The second kappa shape index (κ2) is 6.70. The summed E-state index contributed by atoms with van der Waals surface area (Å²) in [5, 5.41) is 3.41. The first kappa shape index (κ1) is 14.8. The van der Waals surface area contributed by atoms with E-state index in [1.807, 2.05) is 13.1 Å². The summed E-state index contributed by atoms with van der Waals surface area (Å²) in [6.45, 7) is 7.15. The molecule has 1 aromatic heterocycles. The fraction of sp³-hybridized carbons (Fsp3) is 0.600. The topological polar surface area (TPSA) is 48.5 Å². The van der Waals surface area contributed by atoms with Gasteiger partial charge in [0.2, 0.25) is 5.91 Å². The summed E-state index contributed by atoms with van der Waals surface area (Å²) in [6, 6.07) is 4.46. The van der Waals surface area contributed by atoms with Crippen LogP contribution in [0.5, 0.6) is 0 Å². The molecule has 2 heterocycles. The molecule has 2 rings (SSSR count). The van der Waals surface area contributed by atoms with Crippen molar-refractivity contribution in [3.8, 4) is 0 Å². The van der Waals surface area contributed by atoms with Gasteiger partial charge in [0.1, 0.15) is 5.82 Å². The van der Waals surface area contributed by atoms with Crippen LogP contribution in [0.2, 0.25) is 0 Å². The molecule has 1 aliphatic rings. The maximum Gasteiger partial charge on any atom is 0.241 e. The van der Waals surface area contributed by atoms with Crippen molar-refractivity contribution in [2.75, 3.05) is 31.6 Å². The van der Waals surface area contributed by atoms with Crippen molar-refractivity contribution in [3.63, 3.8) is 0 Å². The van der Waals surface area contributed by atoms with Gasteiger partial charge in [-0.2, -0.15) is 0 Å². The Kier molecular flexibility index (Phi) is 4.95. The van der Waals surface area contributed by atoms with Gasteiger partial charge in [-0.3, -0.25) is 4.79 Å². The van der Waals surface area contributed by atoms with Gasteiger partial charge >= 0.3 is 0 Å². The molecule has 1 N–H and O–H groups in total. The molecule has 1 saturated heterocycles. The van der Waals surface area contributed by atoms with Gasteiger partial charge < -0.3 is 15.1 Å². The van der Waals surface area contributed by atoms with E-state index in [1.54, 1.807) is 11.1 Å². The minimum Gasteiger partial charge on any atom is -0.347 e. The Hall–Kier alpha value is -1.62. The molecule has 1 amide bonds. The molecule has 5 heteroatoms. The lowest BCUT2D eigenvalue weighted by Crippen LogP contribution is -2.35.